The Bertz CT molecular complexity index is 1200. The zero-order valence-corrected chi connectivity index (χ0v) is 19.8. The number of ether oxygens (including phenoxy) is 1. The number of aliphatic hydroxyl groups is 2. The third-order valence-electron chi connectivity index (χ3n) is 6.00. The van der Waals surface area contributed by atoms with Crippen molar-refractivity contribution in [3.63, 3.8) is 0 Å². The van der Waals surface area contributed by atoms with Crippen molar-refractivity contribution in [3.8, 4) is 34.7 Å². The Balaban J connectivity index is 1.58. The minimum atomic E-state index is -0.719. The van der Waals surface area contributed by atoms with E-state index in [4.69, 9.17) is 14.4 Å². The van der Waals surface area contributed by atoms with Gasteiger partial charge in [0.25, 0.3) is 5.89 Å². The number of aromatic nitrogens is 2. The smallest absolute Gasteiger partial charge is 0.258 e. The molecule has 0 bridgehead atoms. The molecule has 0 aliphatic carbocycles. The molecular formula is C26H30N4O4. The summed E-state index contributed by atoms with van der Waals surface area (Å²) in [5.41, 5.74) is 5.58. The van der Waals surface area contributed by atoms with Crippen LogP contribution in [0.5, 0.6) is 5.75 Å². The van der Waals surface area contributed by atoms with Crippen LogP contribution in [0.15, 0.2) is 34.9 Å². The Morgan fingerprint density at radius 1 is 1.18 bits per heavy atom. The van der Waals surface area contributed by atoms with E-state index >= 15 is 0 Å². The van der Waals surface area contributed by atoms with E-state index < -0.39 is 6.10 Å². The molecule has 1 aromatic heterocycles. The molecule has 0 radical (unpaired) electrons. The first-order valence-electron chi connectivity index (χ1n) is 11.6. The van der Waals surface area contributed by atoms with Gasteiger partial charge < -0.3 is 24.4 Å². The van der Waals surface area contributed by atoms with Crippen molar-refractivity contribution in [1.82, 2.24) is 15.0 Å². The van der Waals surface area contributed by atoms with Crippen LogP contribution in [0.3, 0.4) is 0 Å². The number of hydrogen-bond acceptors (Lipinski definition) is 8. The van der Waals surface area contributed by atoms with Crippen LogP contribution in [-0.4, -0.2) is 63.7 Å². The maximum Gasteiger partial charge on any atom is 0.258 e. The molecule has 178 valence electrons. The number of fused-ring (bicyclic) bond motifs is 1. The van der Waals surface area contributed by atoms with E-state index in [0.717, 1.165) is 37.1 Å². The third-order valence-corrected chi connectivity index (χ3v) is 6.00. The largest absolute Gasteiger partial charge is 0.490 e. The fourth-order valence-corrected chi connectivity index (χ4v) is 4.28. The van der Waals surface area contributed by atoms with Gasteiger partial charge in [-0.05, 0) is 74.6 Å². The molecule has 0 spiro atoms. The molecule has 1 atom stereocenters. The summed E-state index contributed by atoms with van der Waals surface area (Å²) in [5, 5.41) is 32.7. The highest BCUT2D eigenvalue weighted by atomic mass is 16.5. The van der Waals surface area contributed by atoms with E-state index in [1.54, 1.807) is 12.1 Å². The van der Waals surface area contributed by atoms with E-state index in [2.05, 4.69) is 33.2 Å². The van der Waals surface area contributed by atoms with E-state index in [-0.39, 0.29) is 12.7 Å². The first-order chi connectivity index (χ1) is 16.4. The SMILES string of the molecule is Cc1cc2c(cc1-c1noc(-c3ccc(OC(C)C)c(C#N)c3)n1)CCN(CC(O)CO)CC2. The van der Waals surface area contributed by atoms with Crippen LogP contribution in [0.25, 0.3) is 22.8 Å². The Kier molecular flexibility index (Phi) is 7.27. The van der Waals surface area contributed by atoms with Crippen molar-refractivity contribution in [2.75, 3.05) is 26.2 Å². The number of nitriles is 1. The molecule has 2 N–H and O–H groups in total. The Labute approximate surface area is 199 Å². The molecule has 1 aliphatic rings. The lowest BCUT2D eigenvalue weighted by atomic mass is 9.96. The molecule has 0 saturated carbocycles. The number of aliphatic hydroxyl groups excluding tert-OH is 2. The standard InChI is InChI=1S/C26H30N4O4/c1-16(2)33-24-5-4-20(11-21(24)13-27)26-28-25(29-34-26)23-12-19-7-9-30(14-22(32)15-31)8-6-18(19)10-17(23)3/h4-5,10-12,16,22,31-32H,6-9,14-15H2,1-3H3. The molecule has 2 aromatic carbocycles. The molecule has 8 nitrogen and oxygen atoms in total. The molecule has 8 heteroatoms. The Morgan fingerprint density at radius 2 is 1.91 bits per heavy atom. The lowest BCUT2D eigenvalue weighted by molar-refractivity contribution is 0.0605. The molecule has 4 rings (SSSR count). The van der Waals surface area contributed by atoms with Crippen molar-refractivity contribution < 1.29 is 19.5 Å². The molecule has 0 amide bonds. The van der Waals surface area contributed by atoms with Crippen molar-refractivity contribution >= 4 is 0 Å². The number of rotatable bonds is 7. The highest BCUT2D eigenvalue weighted by Crippen LogP contribution is 2.31. The van der Waals surface area contributed by atoms with E-state index in [9.17, 15) is 10.4 Å². The van der Waals surface area contributed by atoms with E-state index in [1.807, 2.05) is 26.8 Å². The van der Waals surface area contributed by atoms with Crippen LogP contribution in [0.2, 0.25) is 0 Å². The predicted molar refractivity (Wildman–Crippen MR) is 127 cm³/mol. The van der Waals surface area contributed by atoms with Gasteiger partial charge in [-0.3, -0.25) is 0 Å². The average molecular weight is 463 g/mol. The Morgan fingerprint density at radius 3 is 2.59 bits per heavy atom. The number of benzene rings is 2. The zero-order valence-electron chi connectivity index (χ0n) is 19.8. The molecule has 1 unspecified atom stereocenters. The van der Waals surface area contributed by atoms with Gasteiger partial charge in [-0.1, -0.05) is 11.2 Å². The van der Waals surface area contributed by atoms with Crippen molar-refractivity contribution in [1.29, 1.82) is 5.26 Å². The van der Waals surface area contributed by atoms with Crippen molar-refractivity contribution in [2.45, 2.75) is 45.8 Å². The van der Waals surface area contributed by atoms with Gasteiger partial charge in [0.15, 0.2) is 0 Å². The molecule has 3 aromatic rings. The van der Waals surface area contributed by atoms with Crippen LogP contribution < -0.4 is 4.74 Å². The minimum Gasteiger partial charge on any atom is -0.490 e. The van der Waals surface area contributed by atoms with Gasteiger partial charge in [0.1, 0.15) is 11.8 Å². The van der Waals surface area contributed by atoms with Crippen molar-refractivity contribution in [3.05, 3.63) is 52.6 Å². The van der Waals surface area contributed by atoms with E-state index in [0.29, 0.717) is 35.1 Å². The monoisotopic (exact) mass is 462 g/mol. The molecular weight excluding hydrogens is 432 g/mol. The lowest BCUT2D eigenvalue weighted by Gasteiger charge is -2.21. The molecule has 2 heterocycles. The maximum atomic E-state index is 9.80. The summed E-state index contributed by atoms with van der Waals surface area (Å²) in [5.74, 6) is 1.39. The third kappa shape index (κ3) is 5.28. The van der Waals surface area contributed by atoms with Crippen LogP contribution in [0.4, 0.5) is 0 Å². The summed E-state index contributed by atoms with van der Waals surface area (Å²) in [7, 11) is 0. The molecule has 1 aliphatic heterocycles. The van der Waals surface area contributed by atoms with Gasteiger partial charge >= 0.3 is 0 Å². The number of hydrogen-bond donors (Lipinski definition) is 2. The summed E-state index contributed by atoms with van der Waals surface area (Å²) >= 11 is 0. The number of aryl methyl sites for hydroxylation is 1. The summed E-state index contributed by atoms with van der Waals surface area (Å²) < 4.78 is 11.2. The van der Waals surface area contributed by atoms with Crippen molar-refractivity contribution in [2.24, 2.45) is 0 Å². The van der Waals surface area contributed by atoms with Gasteiger partial charge in [-0.25, -0.2) is 0 Å². The van der Waals surface area contributed by atoms with E-state index in [1.165, 1.54) is 11.1 Å². The summed E-state index contributed by atoms with van der Waals surface area (Å²) in [6, 6.07) is 11.8. The van der Waals surface area contributed by atoms with Gasteiger partial charge in [0.2, 0.25) is 5.82 Å². The minimum absolute atomic E-state index is 0.0315. The van der Waals surface area contributed by atoms with Crippen LogP contribution in [0, 0.1) is 18.3 Å². The van der Waals surface area contributed by atoms with Gasteiger partial charge in [-0.2, -0.15) is 10.2 Å². The summed E-state index contributed by atoms with van der Waals surface area (Å²) in [6.45, 7) is 7.76. The normalized spacial score (nSPS) is 15.0. The fourth-order valence-electron chi connectivity index (χ4n) is 4.28. The molecule has 0 saturated heterocycles. The molecule has 0 fully saturated rings. The highest BCUT2D eigenvalue weighted by molar-refractivity contribution is 5.66. The Hall–Kier alpha value is -3.25. The van der Waals surface area contributed by atoms with Gasteiger partial charge in [0.05, 0.1) is 24.4 Å². The fraction of sp³-hybridized carbons (Fsp3) is 0.423. The second kappa shape index (κ2) is 10.3. The predicted octanol–water partition coefficient (Wildman–Crippen LogP) is 3.12. The number of nitrogens with zero attached hydrogens (tertiary/aromatic N) is 4. The first-order valence-corrected chi connectivity index (χ1v) is 11.6. The summed E-state index contributed by atoms with van der Waals surface area (Å²) in [6.07, 6.45) is 0.974. The number of β-amino-alcohol motifs (C(OH)–C–C–N with tert-alkyl or cyclic N) is 1. The first kappa shape index (κ1) is 23.9. The van der Waals surface area contributed by atoms with Gasteiger partial charge in [-0.15, -0.1) is 0 Å². The zero-order chi connectivity index (χ0) is 24.2. The van der Waals surface area contributed by atoms with Gasteiger partial charge in [0, 0.05) is 30.8 Å². The molecule has 34 heavy (non-hydrogen) atoms. The maximum absolute atomic E-state index is 9.80. The lowest BCUT2D eigenvalue weighted by Crippen LogP contribution is -2.35. The van der Waals surface area contributed by atoms with Crippen LogP contribution in [-0.2, 0) is 12.8 Å². The topological polar surface area (TPSA) is 116 Å². The second-order valence-corrected chi connectivity index (χ2v) is 8.99. The second-order valence-electron chi connectivity index (χ2n) is 8.99. The highest BCUT2D eigenvalue weighted by Gasteiger charge is 2.20. The average Bonchev–Trinajstić information content (AvgIpc) is 3.23. The quantitative estimate of drug-likeness (QED) is 0.550. The summed E-state index contributed by atoms with van der Waals surface area (Å²) in [4.78, 5) is 6.80. The van der Waals surface area contributed by atoms with Crippen LogP contribution >= 0.6 is 0 Å². The van der Waals surface area contributed by atoms with Crippen LogP contribution in [0.1, 0.15) is 36.1 Å².